The summed E-state index contributed by atoms with van der Waals surface area (Å²) in [6.07, 6.45) is 0. The van der Waals surface area contributed by atoms with Gasteiger partial charge < -0.3 is 0 Å². The minimum Gasteiger partial charge on any atom is -0.271 e. The van der Waals surface area contributed by atoms with Gasteiger partial charge in [-0.1, -0.05) is 30.3 Å². The summed E-state index contributed by atoms with van der Waals surface area (Å²) in [7, 11) is -3.81. The number of anilines is 1. The fourth-order valence-corrected chi connectivity index (χ4v) is 2.66. The van der Waals surface area contributed by atoms with Crippen LogP contribution in [0.3, 0.4) is 0 Å². The molecule has 2 aromatic carbocycles. The number of nitrogens with zero attached hydrogens (tertiary/aromatic N) is 1. The molecule has 1 aromatic heterocycles. The van der Waals surface area contributed by atoms with Crippen LogP contribution in [0.5, 0.6) is 0 Å². The molecule has 0 radical (unpaired) electrons. The number of nitrogens with two attached hydrogens (primary N) is 1. The van der Waals surface area contributed by atoms with Crippen LogP contribution in [0.15, 0.2) is 53.3 Å². The van der Waals surface area contributed by atoms with Gasteiger partial charge in [0.2, 0.25) is 0 Å². The zero-order chi connectivity index (χ0) is 15.7. The van der Waals surface area contributed by atoms with E-state index in [2.05, 4.69) is 14.9 Å². The molecule has 0 amide bonds. The van der Waals surface area contributed by atoms with E-state index < -0.39 is 10.2 Å². The van der Waals surface area contributed by atoms with Crippen LogP contribution in [-0.4, -0.2) is 18.6 Å². The zero-order valence-corrected chi connectivity index (χ0v) is 12.1. The van der Waals surface area contributed by atoms with E-state index in [1.807, 2.05) is 12.1 Å². The second-order valence-corrected chi connectivity index (χ2v) is 5.97. The van der Waals surface area contributed by atoms with Crippen molar-refractivity contribution in [3.63, 3.8) is 0 Å². The van der Waals surface area contributed by atoms with E-state index in [0.29, 0.717) is 16.8 Å². The highest BCUT2D eigenvalue weighted by Gasteiger charge is 2.09. The summed E-state index contributed by atoms with van der Waals surface area (Å²) in [5.74, 6) is 0. The van der Waals surface area contributed by atoms with Gasteiger partial charge in [0, 0.05) is 16.6 Å². The van der Waals surface area contributed by atoms with Gasteiger partial charge in [-0.2, -0.15) is 13.5 Å². The van der Waals surface area contributed by atoms with Gasteiger partial charge in [-0.25, -0.2) is 10.2 Å². The van der Waals surface area contributed by atoms with E-state index in [-0.39, 0.29) is 5.56 Å². The highest BCUT2D eigenvalue weighted by atomic mass is 32.2. The van der Waals surface area contributed by atoms with Crippen molar-refractivity contribution in [3.05, 3.63) is 58.9 Å². The summed E-state index contributed by atoms with van der Waals surface area (Å²) in [4.78, 5) is 11.8. The van der Waals surface area contributed by atoms with Crippen LogP contribution in [0.4, 0.5) is 5.69 Å². The first kappa shape index (κ1) is 14.2. The van der Waals surface area contributed by atoms with Gasteiger partial charge in [-0.15, -0.1) is 0 Å². The van der Waals surface area contributed by atoms with Gasteiger partial charge in [-0.3, -0.25) is 9.52 Å². The maximum Gasteiger partial charge on any atom is 0.296 e. The lowest BCUT2D eigenvalue weighted by Gasteiger charge is -2.07. The molecule has 0 fully saturated rings. The average molecular weight is 316 g/mol. The number of fused-ring (bicyclic) bond motifs is 1. The number of rotatable bonds is 3. The van der Waals surface area contributed by atoms with E-state index in [9.17, 15) is 13.2 Å². The standard InChI is InChI=1S/C14H12N4O3S/c15-22(20,21)18-10-7-5-9(6-8-10)13-11-3-1-2-4-12(11)14(19)17-16-13/h1-8,18H,(H,17,19)(H2,15,20,21). The van der Waals surface area contributed by atoms with Crippen molar-refractivity contribution in [3.8, 4) is 11.3 Å². The van der Waals surface area contributed by atoms with Crippen LogP contribution in [0.25, 0.3) is 22.0 Å². The molecule has 3 aromatic rings. The molecule has 0 aliphatic carbocycles. The Hall–Kier alpha value is -2.71. The summed E-state index contributed by atoms with van der Waals surface area (Å²) in [6, 6.07) is 13.7. The number of benzene rings is 2. The Balaban J connectivity index is 2.09. The van der Waals surface area contributed by atoms with E-state index in [4.69, 9.17) is 5.14 Å². The summed E-state index contributed by atoms with van der Waals surface area (Å²) < 4.78 is 24.1. The van der Waals surface area contributed by atoms with Gasteiger partial charge in [-0.05, 0) is 18.2 Å². The topological polar surface area (TPSA) is 118 Å². The number of hydrogen-bond acceptors (Lipinski definition) is 4. The van der Waals surface area contributed by atoms with E-state index in [0.717, 1.165) is 10.9 Å². The van der Waals surface area contributed by atoms with Gasteiger partial charge in [0.25, 0.3) is 15.8 Å². The minimum absolute atomic E-state index is 0.258. The van der Waals surface area contributed by atoms with Crippen LogP contribution >= 0.6 is 0 Å². The van der Waals surface area contributed by atoms with Gasteiger partial charge in [0.05, 0.1) is 11.1 Å². The summed E-state index contributed by atoms with van der Waals surface area (Å²) in [5, 5.41) is 12.7. The van der Waals surface area contributed by atoms with Gasteiger partial charge >= 0.3 is 0 Å². The van der Waals surface area contributed by atoms with Gasteiger partial charge in [0.15, 0.2) is 0 Å². The number of aromatic nitrogens is 2. The fourth-order valence-electron chi connectivity index (χ4n) is 2.20. The first-order valence-electron chi connectivity index (χ1n) is 6.32. The number of nitrogens with one attached hydrogen (secondary N) is 2. The number of aromatic amines is 1. The van der Waals surface area contributed by atoms with Crippen molar-refractivity contribution in [1.29, 1.82) is 0 Å². The maximum absolute atomic E-state index is 11.8. The summed E-state index contributed by atoms with van der Waals surface area (Å²) >= 11 is 0. The maximum atomic E-state index is 11.8. The molecule has 0 spiro atoms. The Morgan fingerprint density at radius 1 is 1.00 bits per heavy atom. The molecule has 0 aliphatic rings. The highest BCUT2D eigenvalue weighted by Crippen LogP contribution is 2.25. The molecule has 8 heteroatoms. The molecular formula is C14H12N4O3S. The van der Waals surface area contributed by atoms with E-state index in [1.165, 1.54) is 0 Å². The summed E-state index contributed by atoms with van der Waals surface area (Å²) in [6.45, 7) is 0. The molecule has 7 nitrogen and oxygen atoms in total. The third-order valence-electron chi connectivity index (χ3n) is 3.11. The molecular weight excluding hydrogens is 304 g/mol. The second-order valence-electron chi connectivity index (χ2n) is 4.67. The normalized spacial score (nSPS) is 11.5. The summed E-state index contributed by atoms with van der Waals surface area (Å²) in [5.41, 5.74) is 1.44. The predicted octanol–water partition coefficient (Wildman–Crippen LogP) is 1.21. The van der Waals surface area contributed by atoms with Crippen LogP contribution in [0, 0.1) is 0 Å². The number of H-pyrrole nitrogens is 1. The van der Waals surface area contributed by atoms with Crippen LogP contribution < -0.4 is 15.4 Å². The van der Waals surface area contributed by atoms with E-state index >= 15 is 0 Å². The average Bonchev–Trinajstić information content (AvgIpc) is 2.48. The molecule has 112 valence electrons. The highest BCUT2D eigenvalue weighted by molar-refractivity contribution is 7.90. The van der Waals surface area contributed by atoms with Crippen LogP contribution in [0.2, 0.25) is 0 Å². The molecule has 0 saturated carbocycles. The third-order valence-corrected chi connectivity index (χ3v) is 3.63. The molecule has 3 rings (SSSR count). The predicted molar refractivity (Wildman–Crippen MR) is 84.5 cm³/mol. The lowest BCUT2D eigenvalue weighted by Crippen LogP contribution is -2.21. The number of hydrogen-bond donors (Lipinski definition) is 3. The Bertz CT molecular complexity index is 995. The van der Waals surface area contributed by atoms with E-state index in [1.54, 1.807) is 36.4 Å². The molecule has 0 unspecified atom stereocenters. The SMILES string of the molecule is NS(=O)(=O)Nc1ccc(-c2n[nH]c(=O)c3ccccc23)cc1. The van der Waals surface area contributed by atoms with Crippen LogP contribution in [-0.2, 0) is 10.2 Å². The molecule has 0 aliphatic heterocycles. The first-order valence-corrected chi connectivity index (χ1v) is 7.87. The van der Waals surface area contributed by atoms with Crippen molar-refractivity contribution < 1.29 is 8.42 Å². The third kappa shape index (κ3) is 2.83. The monoisotopic (exact) mass is 316 g/mol. The van der Waals surface area contributed by atoms with Gasteiger partial charge in [0.1, 0.15) is 0 Å². The van der Waals surface area contributed by atoms with Crippen molar-refractivity contribution in [2.75, 3.05) is 4.72 Å². The van der Waals surface area contributed by atoms with Crippen molar-refractivity contribution >= 4 is 26.7 Å². The molecule has 22 heavy (non-hydrogen) atoms. The second kappa shape index (κ2) is 5.24. The van der Waals surface area contributed by atoms with Crippen molar-refractivity contribution in [2.45, 2.75) is 0 Å². The molecule has 0 atom stereocenters. The smallest absolute Gasteiger partial charge is 0.271 e. The Kier molecular flexibility index (Phi) is 3.39. The first-order chi connectivity index (χ1) is 10.4. The zero-order valence-electron chi connectivity index (χ0n) is 11.3. The minimum atomic E-state index is -3.81. The Morgan fingerprint density at radius 2 is 1.64 bits per heavy atom. The van der Waals surface area contributed by atoms with Crippen molar-refractivity contribution in [2.24, 2.45) is 5.14 Å². The molecule has 0 bridgehead atoms. The molecule has 1 heterocycles. The Morgan fingerprint density at radius 3 is 2.27 bits per heavy atom. The lowest BCUT2D eigenvalue weighted by molar-refractivity contribution is 0.603. The largest absolute Gasteiger partial charge is 0.296 e. The van der Waals surface area contributed by atoms with Crippen LogP contribution in [0.1, 0.15) is 0 Å². The van der Waals surface area contributed by atoms with Crippen molar-refractivity contribution in [1.82, 2.24) is 10.2 Å². The Labute approximate surface area is 126 Å². The molecule has 0 saturated heterocycles. The quantitative estimate of drug-likeness (QED) is 0.673. The fraction of sp³-hybridized carbons (Fsp3) is 0. The molecule has 4 N–H and O–H groups in total. The lowest BCUT2D eigenvalue weighted by atomic mass is 10.1.